The molecular formula is C9H6BrFO3. The van der Waals surface area contributed by atoms with Crippen LogP contribution in [0.5, 0.6) is 5.75 Å². The van der Waals surface area contributed by atoms with E-state index in [2.05, 4.69) is 15.9 Å². The van der Waals surface area contributed by atoms with Crippen LogP contribution in [0.1, 0.15) is 15.9 Å². The molecule has 0 radical (unpaired) electrons. The van der Waals surface area contributed by atoms with Gasteiger partial charge in [0, 0.05) is 0 Å². The van der Waals surface area contributed by atoms with E-state index in [1.807, 2.05) is 0 Å². The van der Waals surface area contributed by atoms with Crippen LogP contribution in [-0.2, 0) is 11.3 Å². The number of carbonyl (C=O) groups is 1. The van der Waals surface area contributed by atoms with Gasteiger partial charge in [-0.05, 0) is 22.0 Å². The summed E-state index contributed by atoms with van der Waals surface area (Å²) >= 11 is 3.02. The first kappa shape index (κ1) is 9.61. The monoisotopic (exact) mass is 260 g/mol. The predicted molar refractivity (Wildman–Crippen MR) is 49.8 cm³/mol. The van der Waals surface area contributed by atoms with Gasteiger partial charge in [0.25, 0.3) is 0 Å². The van der Waals surface area contributed by atoms with Gasteiger partial charge in [-0.25, -0.2) is 4.39 Å². The van der Waals surface area contributed by atoms with Crippen LogP contribution in [0.3, 0.4) is 0 Å². The summed E-state index contributed by atoms with van der Waals surface area (Å²) in [6.07, 6.45) is 0.633. The Bertz CT molecular complexity index is 392. The molecule has 1 aromatic carbocycles. The number of carbonyl (C=O) groups excluding carboxylic acids is 1. The van der Waals surface area contributed by atoms with Crippen molar-refractivity contribution in [3.05, 3.63) is 27.5 Å². The summed E-state index contributed by atoms with van der Waals surface area (Å²) in [7, 11) is 0. The Balaban J connectivity index is 2.66. The lowest BCUT2D eigenvalue weighted by Gasteiger charge is -2.20. The summed E-state index contributed by atoms with van der Waals surface area (Å²) in [6, 6.07) is 1.40. The summed E-state index contributed by atoms with van der Waals surface area (Å²) in [5.74, 6) is -0.155. The van der Waals surface area contributed by atoms with E-state index in [4.69, 9.17) is 9.47 Å². The minimum absolute atomic E-state index is 0.0505. The minimum atomic E-state index is -0.440. The number of aldehydes is 1. The Morgan fingerprint density at radius 2 is 2.36 bits per heavy atom. The Morgan fingerprint density at radius 1 is 1.57 bits per heavy atom. The molecule has 5 heteroatoms. The van der Waals surface area contributed by atoms with Crippen molar-refractivity contribution in [1.82, 2.24) is 0 Å². The van der Waals surface area contributed by atoms with Crippen LogP contribution in [-0.4, -0.2) is 13.1 Å². The highest BCUT2D eigenvalue weighted by atomic mass is 79.9. The maximum atomic E-state index is 13.5. The normalized spacial score (nSPS) is 14.4. The van der Waals surface area contributed by atoms with Gasteiger partial charge in [-0.3, -0.25) is 4.79 Å². The molecule has 0 atom stereocenters. The molecule has 3 nitrogen and oxygen atoms in total. The molecule has 1 aliphatic heterocycles. The largest absolute Gasteiger partial charge is 0.466 e. The van der Waals surface area contributed by atoms with Crippen molar-refractivity contribution in [2.24, 2.45) is 0 Å². The van der Waals surface area contributed by atoms with E-state index in [-0.39, 0.29) is 29.2 Å². The van der Waals surface area contributed by atoms with Gasteiger partial charge in [0.05, 0.1) is 22.2 Å². The second kappa shape index (κ2) is 3.67. The van der Waals surface area contributed by atoms with Gasteiger partial charge in [0.15, 0.2) is 13.1 Å². The number of fused-ring (bicyclic) bond motifs is 1. The molecule has 0 amide bonds. The fourth-order valence-electron chi connectivity index (χ4n) is 1.31. The van der Waals surface area contributed by atoms with Gasteiger partial charge >= 0.3 is 0 Å². The SMILES string of the molecule is O=Cc1cc(Br)c(F)c2c1OCOC2. The zero-order chi connectivity index (χ0) is 10.1. The molecule has 0 spiro atoms. The molecule has 0 unspecified atom stereocenters. The van der Waals surface area contributed by atoms with E-state index >= 15 is 0 Å². The maximum absolute atomic E-state index is 13.5. The number of hydrogen-bond acceptors (Lipinski definition) is 3. The molecule has 2 rings (SSSR count). The van der Waals surface area contributed by atoms with E-state index in [9.17, 15) is 9.18 Å². The third kappa shape index (κ3) is 1.42. The average molecular weight is 261 g/mol. The highest BCUT2D eigenvalue weighted by Crippen LogP contribution is 2.33. The first-order valence-corrected chi connectivity index (χ1v) is 4.70. The first-order valence-electron chi connectivity index (χ1n) is 3.90. The van der Waals surface area contributed by atoms with Crippen molar-refractivity contribution in [2.75, 3.05) is 6.79 Å². The lowest BCUT2D eigenvalue weighted by atomic mass is 10.1. The zero-order valence-electron chi connectivity index (χ0n) is 7.05. The van der Waals surface area contributed by atoms with Crippen molar-refractivity contribution < 1.29 is 18.7 Å². The predicted octanol–water partition coefficient (Wildman–Crippen LogP) is 2.27. The molecule has 0 fully saturated rings. The third-order valence-corrected chi connectivity index (χ3v) is 2.53. The lowest BCUT2D eigenvalue weighted by Crippen LogP contribution is -2.15. The summed E-state index contributed by atoms with van der Waals surface area (Å²) in [5, 5.41) is 0. The Morgan fingerprint density at radius 3 is 3.07 bits per heavy atom. The van der Waals surface area contributed by atoms with E-state index in [0.29, 0.717) is 11.8 Å². The van der Waals surface area contributed by atoms with Crippen molar-refractivity contribution in [2.45, 2.75) is 6.61 Å². The van der Waals surface area contributed by atoms with Crippen LogP contribution in [0.4, 0.5) is 4.39 Å². The Hall–Kier alpha value is -0.940. The third-order valence-electron chi connectivity index (χ3n) is 1.95. The zero-order valence-corrected chi connectivity index (χ0v) is 8.64. The van der Waals surface area contributed by atoms with E-state index < -0.39 is 5.82 Å². The fraction of sp³-hybridized carbons (Fsp3) is 0.222. The molecule has 0 aromatic heterocycles. The second-order valence-corrected chi connectivity index (χ2v) is 3.65. The van der Waals surface area contributed by atoms with Crippen molar-refractivity contribution in [3.8, 4) is 5.75 Å². The molecule has 0 saturated heterocycles. The van der Waals surface area contributed by atoms with Crippen molar-refractivity contribution in [1.29, 1.82) is 0 Å². The molecule has 1 aliphatic rings. The van der Waals surface area contributed by atoms with Gasteiger partial charge in [-0.15, -0.1) is 0 Å². The Labute approximate surface area is 87.9 Å². The molecular weight excluding hydrogens is 255 g/mol. The number of ether oxygens (including phenoxy) is 2. The van der Waals surface area contributed by atoms with Crippen LogP contribution >= 0.6 is 15.9 Å². The summed E-state index contributed by atoms with van der Waals surface area (Å²) in [5.41, 5.74) is 0.615. The second-order valence-electron chi connectivity index (χ2n) is 2.80. The Kier molecular flexibility index (Phi) is 2.52. The standard InChI is InChI=1S/C9H6BrFO3/c10-7-1-5(2-12)9-6(8(7)11)3-13-4-14-9/h1-2H,3-4H2. The van der Waals surface area contributed by atoms with Gasteiger partial charge in [-0.1, -0.05) is 0 Å². The minimum Gasteiger partial charge on any atom is -0.466 e. The molecule has 0 saturated carbocycles. The van der Waals surface area contributed by atoms with Gasteiger partial charge in [0.2, 0.25) is 0 Å². The topological polar surface area (TPSA) is 35.5 Å². The molecule has 74 valence electrons. The number of rotatable bonds is 1. The molecule has 1 heterocycles. The quantitative estimate of drug-likeness (QED) is 0.727. The highest BCUT2D eigenvalue weighted by molar-refractivity contribution is 9.10. The summed E-state index contributed by atoms with van der Waals surface area (Å²) in [4.78, 5) is 10.7. The van der Waals surface area contributed by atoms with Crippen molar-refractivity contribution >= 4 is 22.2 Å². The van der Waals surface area contributed by atoms with Gasteiger partial charge in [0.1, 0.15) is 11.6 Å². The van der Waals surface area contributed by atoms with Crippen LogP contribution in [0.15, 0.2) is 10.5 Å². The molecule has 0 N–H and O–H groups in total. The van der Waals surface area contributed by atoms with Crippen LogP contribution in [0.2, 0.25) is 0 Å². The molecule has 0 aliphatic carbocycles. The van der Waals surface area contributed by atoms with E-state index in [1.165, 1.54) is 6.07 Å². The number of benzene rings is 1. The van der Waals surface area contributed by atoms with Gasteiger partial charge in [-0.2, -0.15) is 0 Å². The molecule has 1 aromatic rings. The number of hydrogen-bond donors (Lipinski definition) is 0. The average Bonchev–Trinajstić information content (AvgIpc) is 2.23. The highest BCUT2D eigenvalue weighted by Gasteiger charge is 2.21. The first-order chi connectivity index (χ1) is 6.74. The van der Waals surface area contributed by atoms with Crippen LogP contribution in [0.25, 0.3) is 0 Å². The van der Waals surface area contributed by atoms with E-state index in [1.54, 1.807) is 0 Å². The van der Waals surface area contributed by atoms with E-state index in [0.717, 1.165) is 0 Å². The molecule has 14 heavy (non-hydrogen) atoms. The summed E-state index contributed by atoms with van der Waals surface area (Å²) < 4.78 is 23.7. The summed E-state index contributed by atoms with van der Waals surface area (Å²) in [6.45, 7) is 0.177. The maximum Gasteiger partial charge on any atom is 0.189 e. The number of halogens is 2. The van der Waals surface area contributed by atoms with Crippen LogP contribution < -0.4 is 4.74 Å². The fourth-order valence-corrected chi connectivity index (χ4v) is 1.80. The van der Waals surface area contributed by atoms with Crippen molar-refractivity contribution in [3.63, 3.8) is 0 Å². The molecule has 0 bridgehead atoms. The van der Waals surface area contributed by atoms with Crippen LogP contribution in [0, 0.1) is 5.82 Å². The lowest BCUT2D eigenvalue weighted by molar-refractivity contribution is -0.0186. The van der Waals surface area contributed by atoms with Gasteiger partial charge < -0.3 is 9.47 Å². The smallest absolute Gasteiger partial charge is 0.189 e.